The molecule has 0 radical (unpaired) electrons. The van der Waals surface area contributed by atoms with Crippen molar-refractivity contribution in [2.75, 3.05) is 6.61 Å². The lowest BCUT2D eigenvalue weighted by Gasteiger charge is -2.17. The van der Waals surface area contributed by atoms with Gasteiger partial charge in [0.1, 0.15) is 18.3 Å². The minimum atomic E-state index is -1.41. The molecule has 0 amide bonds. The number of H-pyrrole nitrogens is 1. The highest BCUT2D eigenvalue weighted by Crippen LogP contribution is 2.28. The second-order valence-electron chi connectivity index (χ2n) is 4.34. The van der Waals surface area contributed by atoms with Gasteiger partial charge in [0.25, 0.3) is 5.56 Å². The molecule has 9 heteroatoms. The van der Waals surface area contributed by atoms with Crippen LogP contribution in [-0.4, -0.2) is 49.8 Å². The highest BCUT2D eigenvalue weighted by molar-refractivity contribution is 9.15. The van der Waals surface area contributed by atoms with Crippen LogP contribution in [0.25, 0.3) is 4.48 Å². The summed E-state index contributed by atoms with van der Waals surface area (Å²) in [7, 11) is 0. The number of aliphatic hydroxyl groups is 3. The second-order valence-corrected chi connectivity index (χ2v) is 5.30. The van der Waals surface area contributed by atoms with Crippen LogP contribution in [-0.2, 0) is 4.74 Å². The van der Waals surface area contributed by atoms with Crippen molar-refractivity contribution in [2.45, 2.75) is 24.5 Å². The van der Waals surface area contributed by atoms with Gasteiger partial charge < -0.3 is 20.1 Å². The molecule has 4 N–H and O–H groups in total. The number of ether oxygens (including phenoxy) is 1. The number of hydrogen-bond acceptors (Lipinski definition) is 6. The Morgan fingerprint density at radius 1 is 1.45 bits per heavy atom. The van der Waals surface area contributed by atoms with E-state index in [1.807, 2.05) is 0 Å². The number of nitrogens with zero attached hydrogens (tertiary/aromatic N) is 1. The largest absolute Gasteiger partial charge is 0.394 e. The number of halogens is 1. The SMILES string of the molecule is C=C(Br)c1cn([C@@H]2O[C@H](CO)[C@@H](O)[C@@H]2O)c(=O)[nH]c1=O. The number of aromatic amines is 1. The van der Waals surface area contributed by atoms with Crippen LogP contribution in [0, 0.1) is 0 Å². The maximum Gasteiger partial charge on any atom is 0.330 e. The fraction of sp³-hybridized carbons (Fsp3) is 0.455. The van der Waals surface area contributed by atoms with Crippen molar-refractivity contribution in [3.05, 3.63) is 39.2 Å². The smallest absolute Gasteiger partial charge is 0.330 e. The lowest BCUT2D eigenvalue weighted by atomic mass is 10.1. The Balaban J connectivity index is 2.48. The number of aromatic nitrogens is 2. The molecule has 0 saturated carbocycles. The van der Waals surface area contributed by atoms with E-state index in [9.17, 15) is 19.8 Å². The molecule has 0 aromatic carbocycles. The molecular formula is C11H13BrN2O6. The standard InChI is InChI=1S/C11H13BrN2O6/c1-4(12)5-2-14(11(19)13-9(5)18)10-8(17)7(16)6(3-15)20-10/h2,6-8,10,15-17H,1,3H2,(H,13,18,19)/t6-,7-,8+,10-/m1/s1. The monoisotopic (exact) mass is 348 g/mol. The predicted molar refractivity (Wildman–Crippen MR) is 72.3 cm³/mol. The molecule has 0 unspecified atom stereocenters. The third-order valence-electron chi connectivity index (χ3n) is 3.05. The molecule has 0 aliphatic carbocycles. The molecule has 1 aliphatic heterocycles. The van der Waals surface area contributed by atoms with Gasteiger partial charge in [-0.05, 0) is 0 Å². The third-order valence-corrected chi connectivity index (χ3v) is 3.48. The summed E-state index contributed by atoms with van der Waals surface area (Å²) in [6.45, 7) is 3.03. The molecule has 1 aromatic rings. The number of rotatable bonds is 3. The Bertz CT molecular complexity index is 639. The van der Waals surface area contributed by atoms with Crippen LogP contribution in [0.15, 0.2) is 22.4 Å². The van der Waals surface area contributed by atoms with Crippen LogP contribution in [0.2, 0.25) is 0 Å². The normalized spacial score (nSPS) is 29.6. The second kappa shape index (κ2) is 5.62. The maximum atomic E-state index is 11.8. The van der Waals surface area contributed by atoms with E-state index in [1.165, 1.54) is 6.20 Å². The van der Waals surface area contributed by atoms with E-state index in [1.54, 1.807) is 0 Å². The number of aliphatic hydroxyl groups excluding tert-OH is 3. The van der Waals surface area contributed by atoms with Gasteiger partial charge in [0, 0.05) is 10.7 Å². The van der Waals surface area contributed by atoms with Gasteiger partial charge in [-0.2, -0.15) is 0 Å². The zero-order valence-corrected chi connectivity index (χ0v) is 11.8. The molecule has 2 rings (SSSR count). The first kappa shape index (κ1) is 15.1. The van der Waals surface area contributed by atoms with Gasteiger partial charge in [-0.3, -0.25) is 14.3 Å². The number of hydrogen-bond donors (Lipinski definition) is 4. The van der Waals surface area contributed by atoms with Gasteiger partial charge in [-0.15, -0.1) is 0 Å². The van der Waals surface area contributed by atoms with Crippen molar-refractivity contribution in [3.8, 4) is 0 Å². The minimum absolute atomic E-state index is 0.0855. The number of nitrogens with one attached hydrogen (secondary N) is 1. The van der Waals surface area contributed by atoms with Crippen molar-refractivity contribution >= 4 is 20.4 Å². The lowest BCUT2D eigenvalue weighted by Crippen LogP contribution is -2.38. The highest BCUT2D eigenvalue weighted by atomic mass is 79.9. The maximum absolute atomic E-state index is 11.8. The summed E-state index contributed by atoms with van der Waals surface area (Å²) in [4.78, 5) is 25.4. The van der Waals surface area contributed by atoms with Crippen molar-refractivity contribution in [1.82, 2.24) is 9.55 Å². The molecule has 20 heavy (non-hydrogen) atoms. The van der Waals surface area contributed by atoms with Crippen LogP contribution >= 0.6 is 15.9 Å². The first-order chi connectivity index (χ1) is 9.36. The third kappa shape index (κ3) is 2.50. The van der Waals surface area contributed by atoms with Gasteiger partial charge in [0.15, 0.2) is 6.23 Å². The molecule has 1 saturated heterocycles. The van der Waals surface area contributed by atoms with E-state index >= 15 is 0 Å². The van der Waals surface area contributed by atoms with Gasteiger partial charge in [-0.25, -0.2) is 4.79 Å². The van der Waals surface area contributed by atoms with Crippen LogP contribution < -0.4 is 11.2 Å². The van der Waals surface area contributed by atoms with Crippen molar-refractivity contribution in [1.29, 1.82) is 0 Å². The Morgan fingerprint density at radius 2 is 2.10 bits per heavy atom. The van der Waals surface area contributed by atoms with Crippen LogP contribution in [0.4, 0.5) is 0 Å². The summed E-state index contributed by atoms with van der Waals surface area (Å²) in [6, 6.07) is 0. The van der Waals surface area contributed by atoms with Crippen LogP contribution in [0.1, 0.15) is 11.8 Å². The van der Waals surface area contributed by atoms with E-state index in [2.05, 4.69) is 27.5 Å². The Hall–Kier alpha value is -1.26. The Labute approximate surface area is 121 Å². The Kier molecular flexibility index (Phi) is 4.25. The van der Waals surface area contributed by atoms with E-state index in [4.69, 9.17) is 9.84 Å². The molecular weight excluding hydrogens is 336 g/mol. The first-order valence-electron chi connectivity index (χ1n) is 5.69. The molecule has 0 spiro atoms. The molecule has 0 bridgehead atoms. The van der Waals surface area contributed by atoms with Gasteiger partial charge in [0.05, 0.1) is 12.2 Å². The average Bonchev–Trinajstić information content (AvgIpc) is 2.66. The van der Waals surface area contributed by atoms with E-state index < -0.39 is 42.4 Å². The van der Waals surface area contributed by atoms with E-state index in [-0.39, 0.29) is 10.0 Å². The van der Waals surface area contributed by atoms with Crippen LogP contribution in [0.5, 0.6) is 0 Å². The fourth-order valence-corrected chi connectivity index (χ4v) is 2.26. The summed E-state index contributed by atoms with van der Waals surface area (Å²) in [5, 5.41) is 28.5. The van der Waals surface area contributed by atoms with E-state index in [0.717, 1.165) is 4.57 Å². The molecule has 110 valence electrons. The van der Waals surface area contributed by atoms with Gasteiger partial charge in [-0.1, -0.05) is 22.5 Å². The first-order valence-corrected chi connectivity index (χ1v) is 6.48. The zero-order valence-electron chi connectivity index (χ0n) is 10.2. The molecule has 1 fully saturated rings. The van der Waals surface area contributed by atoms with Crippen molar-refractivity contribution in [3.63, 3.8) is 0 Å². The summed E-state index contributed by atoms with van der Waals surface area (Å²) >= 11 is 3.03. The molecule has 4 atom stereocenters. The van der Waals surface area contributed by atoms with E-state index in [0.29, 0.717) is 0 Å². The fourth-order valence-electron chi connectivity index (χ4n) is 1.98. The lowest BCUT2D eigenvalue weighted by molar-refractivity contribution is -0.0550. The van der Waals surface area contributed by atoms with Crippen molar-refractivity contribution < 1.29 is 20.1 Å². The minimum Gasteiger partial charge on any atom is -0.394 e. The molecule has 1 aliphatic rings. The molecule has 2 heterocycles. The van der Waals surface area contributed by atoms with Gasteiger partial charge in [0.2, 0.25) is 0 Å². The molecule has 8 nitrogen and oxygen atoms in total. The zero-order chi connectivity index (χ0) is 15.0. The summed E-state index contributed by atoms with van der Waals surface area (Å²) < 4.78 is 6.41. The topological polar surface area (TPSA) is 125 Å². The predicted octanol–water partition coefficient (Wildman–Crippen LogP) is -1.49. The van der Waals surface area contributed by atoms with Crippen LogP contribution in [0.3, 0.4) is 0 Å². The molecule has 1 aromatic heterocycles. The summed E-state index contributed by atoms with van der Waals surface area (Å²) in [6.07, 6.45) is -3.80. The Morgan fingerprint density at radius 3 is 2.60 bits per heavy atom. The van der Waals surface area contributed by atoms with Gasteiger partial charge >= 0.3 is 5.69 Å². The summed E-state index contributed by atoms with van der Waals surface area (Å²) in [5.74, 6) is 0. The van der Waals surface area contributed by atoms with Crippen molar-refractivity contribution in [2.24, 2.45) is 0 Å². The quantitative estimate of drug-likeness (QED) is 0.527. The average molecular weight is 349 g/mol. The summed E-state index contributed by atoms with van der Waals surface area (Å²) in [5.41, 5.74) is -1.36. The highest BCUT2D eigenvalue weighted by Gasteiger charge is 2.43.